The van der Waals surface area contributed by atoms with Gasteiger partial charge in [-0.25, -0.2) is 4.39 Å². The van der Waals surface area contributed by atoms with E-state index in [0.717, 1.165) is 4.47 Å². The summed E-state index contributed by atoms with van der Waals surface area (Å²) in [6, 6.07) is 4.72. The average molecular weight is 306 g/mol. The van der Waals surface area contributed by atoms with Crippen molar-refractivity contribution >= 4 is 15.9 Å². The summed E-state index contributed by atoms with van der Waals surface area (Å²) < 4.78 is 24.8. The zero-order chi connectivity index (χ0) is 12.7. The minimum atomic E-state index is -0.233. The van der Waals surface area contributed by atoms with Crippen LogP contribution in [-0.2, 0) is 9.47 Å². The van der Waals surface area contributed by atoms with Crippen LogP contribution in [0.3, 0.4) is 0 Å². The van der Waals surface area contributed by atoms with E-state index in [4.69, 9.17) is 9.47 Å². The molecule has 1 unspecified atom stereocenters. The molecule has 1 atom stereocenters. The second-order valence-corrected chi connectivity index (χ2v) is 4.49. The molecule has 1 aromatic carbocycles. The number of methoxy groups -OCH3 is 1. The van der Waals surface area contributed by atoms with Crippen molar-refractivity contribution in [3.05, 3.63) is 34.1 Å². The van der Waals surface area contributed by atoms with Crippen molar-refractivity contribution in [2.75, 3.05) is 34.0 Å². The average Bonchev–Trinajstić information content (AvgIpc) is 2.33. The van der Waals surface area contributed by atoms with E-state index in [1.807, 2.05) is 0 Å². The Labute approximate surface area is 109 Å². The van der Waals surface area contributed by atoms with E-state index < -0.39 is 0 Å². The van der Waals surface area contributed by atoms with Gasteiger partial charge in [0.05, 0.1) is 25.9 Å². The first-order valence-electron chi connectivity index (χ1n) is 5.38. The fraction of sp³-hybridized carbons (Fsp3) is 0.500. The van der Waals surface area contributed by atoms with Crippen molar-refractivity contribution in [1.29, 1.82) is 0 Å². The number of benzene rings is 1. The van der Waals surface area contributed by atoms with Crippen LogP contribution in [-0.4, -0.2) is 34.0 Å². The Balaban J connectivity index is 2.62. The molecule has 0 bridgehead atoms. The molecule has 0 saturated heterocycles. The minimum Gasteiger partial charge on any atom is -0.382 e. The van der Waals surface area contributed by atoms with Gasteiger partial charge in [-0.1, -0.05) is 15.9 Å². The minimum absolute atomic E-state index is 0.163. The van der Waals surface area contributed by atoms with Gasteiger partial charge in [-0.05, 0) is 25.2 Å². The highest BCUT2D eigenvalue weighted by Crippen LogP contribution is 2.21. The zero-order valence-corrected chi connectivity index (χ0v) is 11.6. The van der Waals surface area contributed by atoms with E-state index in [9.17, 15) is 4.39 Å². The van der Waals surface area contributed by atoms with Crippen LogP contribution in [0.15, 0.2) is 22.7 Å². The van der Waals surface area contributed by atoms with Crippen LogP contribution in [0, 0.1) is 5.82 Å². The molecule has 0 fully saturated rings. The Morgan fingerprint density at radius 3 is 2.82 bits per heavy atom. The number of halogens is 2. The molecule has 0 saturated carbocycles. The van der Waals surface area contributed by atoms with Crippen molar-refractivity contribution in [3.63, 3.8) is 0 Å². The third-order valence-electron chi connectivity index (χ3n) is 2.40. The fourth-order valence-electron chi connectivity index (χ4n) is 1.45. The largest absolute Gasteiger partial charge is 0.382 e. The van der Waals surface area contributed by atoms with Crippen LogP contribution >= 0.6 is 15.9 Å². The maximum absolute atomic E-state index is 13.6. The van der Waals surface area contributed by atoms with Crippen molar-refractivity contribution in [2.45, 2.75) is 6.04 Å². The van der Waals surface area contributed by atoms with E-state index in [0.29, 0.717) is 25.4 Å². The number of ether oxygens (including phenoxy) is 2. The molecular formula is C12H17BrFNO2. The molecule has 96 valence electrons. The first kappa shape index (κ1) is 14.6. The van der Waals surface area contributed by atoms with Crippen LogP contribution in [0.1, 0.15) is 11.6 Å². The molecule has 5 heteroatoms. The molecule has 0 aliphatic carbocycles. The molecule has 17 heavy (non-hydrogen) atoms. The normalized spacial score (nSPS) is 12.7. The van der Waals surface area contributed by atoms with Gasteiger partial charge in [-0.2, -0.15) is 0 Å². The Morgan fingerprint density at radius 1 is 1.41 bits per heavy atom. The van der Waals surface area contributed by atoms with Gasteiger partial charge in [0.25, 0.3) is 0 Å². The van der Waals surface area contributed by atoms with Crippen LogP contribution in [0.25, 0.3) is 0 Å². The molecule has 0 amide bonds. The Hall–Kier alpha value is -0.490. The topological polar surface area (TPSA) is 30.5 Å². The quantitative estimate of drug-likeness (QED) is 0.785. The molecule has 1 N–H and O–H groups in total. The molecular weight excluding hydrogens is 289 g/mol. The van der Waals surface area contributed by atoms with E-state index in [-0.39, 0.29) is 11.9 Å². The van der Waals surface area contributed by atoms with Crippen molar-refractivity contribution in [1.82, 2.24) is 5.32 Å². The maximum Gasteiger partial charge on any atom is 0.128 e. The lowest BCUT2D eigenvalue weighted by molar-refractivity contribution is 0.0591. The Bertz CT molecular complexity index is 349. The van der Waals surface area contributed by atoms with Gasteiger partial charge in [-0.3, -0.25) is 0 Å². The Kier molecular flexibility index (Phi) is 6.65. The summed E-state index contributed by atoms with van der Waals surface area (Å²) in [4.78, 5) is 0. The molecule has 0 spiro atoms. The summed E-state index contributed by atoms with van der Waals surface area (Å²) >= 11 is 3.33. The van der Waals surface area contributed by atoms with E-state index in [2.05, 4.69) is 21.2 Å². The monoisotopic (exact) mass is 305 g/mol. The predicted octanol–water partition coefficient (Wildman–Crippen LogP) is 2.51. The standard InChI is InChI=1S/C12H17BrFNO2/c1-15-12(8-17-6-5-16-2)10-7-9(13)3-4-11(10)14/h3-4,7,12,15H,5-6,8H2,1-2H3. The molecule has 1 rings (SSSR count). The predicted molar refractivity (Wildman–Crippen MR) is 68.6 cm³/mol. The van der Waals surface area contributed by atoms with Crippen LogP contribution < -0.4 is 5.32 Å². The molecule has 0 aliphatic rings. The second kappa shape index (κ2) is 7.76. The van der Waals surface area contributed by atoms with Gasteiger partial charge in [0, 0.05) is 17.1 Å². The third-order valence-corrected chi connectivity index (χ3v) is 2.89. The fourth-order valence-corrected chi connectivity index (χ4v) is 1.83. The summed E-state index contributed by atoms with van der Waals surface area (Å²) in [5.41, 5.74) is 0.597. The summed E-state index contributed by atoms with van der Waals surface area (Å²) in [7, 11) is 3.40. The lowest BCUT2D eigenvalue weighted by atomic mass is 10.1. The number of nitrogens with one attached hydrogen (secondary N) is 1. The number of likely N-dealkylation sites (N-methyl/N-ethyl adjacent to an activating group) is 1. The second-order valence-electron chi connectivity index (χ2n) is 3.57. The molecule has 0 aromatic heterocycles. The lowest BCUT2D eigenvalue weighted by Gasteiger charge is -2.17. The van der Waals surface area contributed by atoms with Gasteiger partial charge >= 0.3 is 0 Å². The number of hydrogen-bond acceptors (Lipinski definition) is 3. The first-order chi connectivity index (χ1) is 8.19. The summed E-state index contributed by atoms with van der Waals surface area (Å²) in [5.74, 6) is -0.233. The SMILES string of the molecule is CNC(COCCOC)c1cc(Br)ccc1F. The molecule has 0 heterocycles. The molecule has 1 aromatic rings. The van der Waals surface area contributed by atoms with E-state index in [1.54, 1.807) is 26.3 Å². The molecule has 0 radical (unpaired) electrons. The molecule has 3 nitrogen and oxygen atoms in total. The lowest BCUT2D eigenvalue weighted by Crippen LogP contribution is -2.23. The smallest absolute Gasteiger partial charge is 0.128 e. The first-order valence-corrected chi connectivity index (χ1v) is 6.17. The van der Waals surface area contributed by atoms with Gasteiger partial charge in [0.1, 0.15) is 5.82 Å². The van der Waals surface area contributed by atoms with Gasteiger partial charge in [-0.15, -0.1) is 0 Å². The molecule has 0 aliphatic heterocycles. The van der Waals surface area contributed by atoms with Crippen molar-refractivity contribution < 1.29 is 13.9 Å². The van der Waals surface area contributed by atoms with Crippen LogP contribution in [0.5, 0.6) is 0 Å². The van der Waals surface area contributed by atoms with E-state index in [1.165, 1.54) is 6.07 Å². The van der Waals surface area contributed by atoms with Crippen LogP contribution in [0.2, 0.25) is 0 Å². The highest BCUT2D eigenvalue weighted by Gasteiger charge is 2.14. The van der Waals surface area contributed by atoms with Gasteiger partial charge < -0.3 is 14.8 Å². The Morgan fingerprint density at radius 2 is 2.18 bits per heavy atom. The van der Waals surface area contributed by atoms with Crippen molar-refractivity contribution in [3.8, 4) is 0 Å². The summed E-state index contributed by atoms with van der Waals surface area (Å²) in [6.07, 6.45) is 0. The van der Waals surface area contributed by atoms with Gasteiger partial charge in [0.2, 0.25) is 0 Å². The number of hydrogen-bond donors (Lipinski definition) is 1. The van der Waals surface area contributed by atoms with E-state index >= 15 is 0 Å². The third kappa shape index (κ3) is 4.71. The highest BCUT2D eigenvalue weighted by atomic mass is 79.9. The zero-order valence-electron chi connectivity index (χ0n) is 10.0. The van der Waals surface area contributed by atoms with Gasteiger partial charge in [0.15, 0.2) is 0 Å². The summed E-state index contributed by atoms with van der Waals surface area (Å²) in [5, 5.41) is 3.04. The summed E-state index contributed by atoms with van der Waals surface area (Å²) in [6.45, 7) is 1.45. The number of rotatable bonds is 7. The highest BCUT2D eigenvalue weighted by molar-refractivity contribution is 9.10. The van der Waals surface area contributed by atoms with Crippen molar-refractivity contribution in [2.24, 2.45) is 0 Å². The van der Waals surface area contributed by atoms with Crippen LogP contribution in [0.4, 0.5) is 4.39 Å². The maximum atomic E-state index is 13.6.